The summed E-state index contributed by atoms with van der Waals surface area (Å²) in [7, 11) is 0. The highest BCUT2D eigenvalue weighted by molar-refractivity contribution is 5.36. The molecule has 2 N–H and O–H groups in total. The smallest absolute Gasteiger partial charge is 0.115 e. The number of hydrogen-bond acceptors (Lipinski definition) is 3. The first-order chi connectivity index (χ1) is 8.22. The molecule has 0 spiro atoms. The van der Waals surface area contributed by atoms with Crippen LogP contribution in [0.5, 0.6) is 5.75 Å². The van der Waals surface area contributed by atoms with Crippen LogP contribution in [0.2, 0.25) is 0 Å². The van der Waals surface area contributed by atoms with E-state index in [-0.39, 0.29) is 0 Å². The predicted molar refractivity (Wildman–Crippen MR) is 70.2 cm³/mol. The quantitative estimate of drug-likeness (QED) is 0.833. The number of phenolic OH excluding ortho intramolecular Hbond substituents is 1. The SMILES string of the molecule is CCN(CC)CC1Cc2ccc(O)cc2CN1. The van der Waals surface area contributed by atoms with Crippen molar-refractivity contribution in [1.82, 2.24) is 10.2 Å². The monoisotopic (exact) mass is 234 g/mol. The van der Waals surface area contributed by atoms with Crippen LogP contribution in [0.4, 0.5) is 0 Å². The minimum absolute atomic E-state index is 0.368. The highest BCUT2D eigenvalue weighted by Gasteiger charge is 2.19. The Hall–Kier alpha value is -1.06. The Labute approximate surface area is 103 Å². The minimum Gasteiger partial charge on any atom is -0.508 e. The fourth-order valence-electron chi connectivity index (χ4n) is 2.49. The van der Waals surface area contributed by atoms with E-state index >= 15 is 0 Å². The summed E-state index contributed by atoms with van der Waals surface area (Å²) in [6.45, 7) is 8.60. The van der Waals surface area contributed by atoms with Gasteiger partial charge in [-0.15, -0.1) is 0 Å². The first-order valence-corrected chi connectivity index (χ1v) is 6.49. The van der Waals surface area contributed by atoms with Gasteiger partial charge in [0.05, 0.1) is 0 Å². The van der Waals surface area contributed by atoms with Crippen molar-refractivity contribution in [2.24, 2.45) is 0 Å². The van der Waals surface area contributed by atoms with Crippen LogP contribution in [0.1, 0.15) is 25.0 Å². The zero-order chi connectivity index (χ0) is 12.3. The van der Waals surface area contributed by atoms with Crippen molar-refractivity contribution in [2.75, 3.05) is 19.6 Å². The number of aromatic hydroxyl groups is 1. The average molecular weight is 234 g/mol. The summed E-state index contributed by atoms with van der Waals surface area (Å²) in [6.07, 6.45) is 1.06. The topological polar surface area (TPSA) is 35.5 Å². The molecule has 1 aromatic carbocycles. The lowest BCUT2D eigenvalue weighted by Gasteiger charge is -2.30. The summed E-state index contributed by atoms with van der Waals surface area (Å²) in [5.74, 6) is 0.368. The Kier molecular flexibility index (Phi) is 4.02. The number of hydrogen-bond donors (Lipinski definition) is 2. The molecule has 1 atom stereocenters. The van der Waals surface area contributed by atoms with Gasteiger partial charge in [-0.2, -0.15) is 0 Å². The van der Waals surface area contributed by atoms with Crippen LogP contribution in [-0.4, -0.2) is 35.7 Å². The van der Waals surface area contributed by atoms with E-state index < -0.39 is 0 Å². The maximum atomic E-state index is 9.44. The second kappa shape index (κ2) is 5.52. The lowest BCUT2D eigenvalue weighted by Crippen LogP contribution is -2.44. The highest BCUT2D eigenvalue weighted by atomic mass is 16.3. The van der Waals surface area contributed by atoms with Gasteiger partial charge in [0.15, 0.2) is 0 Å². The molecule has 0 fully saturated rings. The first kappa shape index (κ1) is 12.4. The second-order valence-electron chi connectivity index (χ2n) is 4.72. The van der Waals surface area contributed by atoms with Gasteiger partial charge in [-0.05, 0) is 42.8 Å². The van der Waals surface area contributed by atoms with Crippen molar-refractivity contribution in [2.45, 2.75) is 32.9 Å². The molecule has 0 saturated heterocycles. The van der Waals surface area contributed by atoms with Gasteiger partial charge in [0.1, 0.15) is 5.75 Å². The van der Waals surface area contributed by atoms with E-state index in [1.54, 1.807) is 6.07 Å². The minimum atomic E-state index is 0.368. The normalized spacial score (nSPS) is 19.4. The van der Waals surface area contributed by atoms with Gasteiger partial charge in [0, 0.05) is 19.1 Å². The van der Waals surface area contributed by atoms with Crippen molar-refractivity contribution < 1.29 is 5.11 Å². The summed E-state index contributed by atoms with van der Waals surface area (Å²) >= 11 is 0. The molecule has 1 unspecified atom stereocenters. The molecule has 1 aromatic rings. The molecule has 94 valence electrons. The lowest BCUT2D eigenvalue weighted by atomic mass is 9.95. The lowest BCUT2D eigenvalue weighted by molar-refractivity contribution is 0.257. The van der Waals surface area contributed by atoms with E-state index in [0.717, 1.165) is 32.6 Å². The molecular weight excluding hydrogens is 212 g/mol. The molecular formula is C14H22N2O. The van der Waals surface area contributed by atoms with Gasteiger partial charge < -0.3 is 15.3 Å². The third-order valence-electron chi connectivity index (χ3n) is 3.61. The number of nitrogens with zero attached hydrogens (tertiary/aromatic N) is 1. The zero-order valence-corrected chi connectivity index (χ0v) is 10.7. The van der Waals surface area contributed by atoms with Crippen molar-refractivity contribution in [3.05, 3.63) is 29.3 Å². The van der Waals surface area contributed by atoms with Crippen LogP contribution in [0, 0.1) is 0 Å². The van der Waals surface area contributed by atoms with Crippen LogP contribution in [-0.2, 0) is 13.0 Å². The van der Waals surface area contributed by atoms with Crippen molar-refractivity contribution in [3.8, 4) is 5.75 Å². The van der Waals surface area contributed by atoms with E-state index in [0.29, 0.717) is 11.8 Å². The molecule has 2 rings (SSSR count). The summed E-state index contributed by atoms with van der Waals surface area (Å²) in [4.78, 5) is 2.45. The fraction of sp³-hybridized carbons (Fsp3) is 0.571. The van der Waals surface area contributed by atoms with Crippen LogP contribution in [0.25, 0.3) is 0 Å². The van der Waals surface area contributed by atoms with Crippen LogP contribution < -0.4 is 5.32 Å². The van der Waals surface area contributed by atoms with E-state index in [9.17, 15) is 5.11 Å². The van der Waals surface area contributed by atoms with Gasteiger partial charge in [-0.25, -0.2) is 0 Å². The third-order valence-corrected chi connectivity index (χ3v) is 3.61. The van der Waals surface area contributed by atoms with Crippen LogP contribution >= 0.6 is 0 Å². The predicted octanol–water partition coefficient (Wildman–Crippen LogP) is 1.75. The summed E-state index contributed by atoms with van der Waals surface area (Å²) in [6, 6.07) is 6.25. The number of phenols is 1. The van der Waals surface area contributed by atoms with E-state index in [1.807, 2.05) is 6.07 Å². The molecule has 1 aliphatic rings. The van der Waals surface area contributed by atoms with Gasteiger partial charge in [-0.1, -0.05) is 19.9 Å². The van der Waals surface area contributed by atoms with Gasteiger partial charge >= 0.3 is 0 Å². The molecule has 3 heteroatoms. The number of nitrogens with one attached hydrogen (secondary N) is 1. The summed E-state index contributed by atoms with van der Waals surface area (Å²) in [5.41, 5.74) is 2.61. The van der Waals surface area contributed by atoms with Crippen molar-refractivity contribution in [3.63, 3.8) is 0 Å². The first-order valence-electron chi connectivity index (χ1n) is 6.49. The van der Waals surface area contributed by atoms with E-state index in [4.69, 9.17) is 0 Å². The maximum Gasteiger partial charge on any atom is 0.115 e. The van der Waals surface area contributed by atoms with Crippen molar-refractivity contribution >= 4 is 0 Å². The van der Waals surface area contributed by atoms with Gasteiger partial charge in [0.25, 0.3) is 0 Å². The highest BCUT2D eigenvalue weighted by Crippen LogP contribution is 2.21. The Balaban J connectivity index is 2.01. The Bertz CT molecular complexity index is 374. The standard InChI is InChI=1S/C14H22N2O/c1-3-16(4-2)10-13-7-11-5-6-14(17)8-12(11)9-15-13/h5-6,8,13,15,17H,3-4,7,9-10H2,1-2H3. The number of rotatable bonds is 4. The average Bonchev–Trinajstić information content (AvgIpc) is 2.36. The Morgan fingerprint density at radius 2 is 2.06 bits per heavy atom. The fourth-order valence-corrected chi connectivity index (χ4v) is 2.49. The molecule has 0 aliphatic carbocycles. The summed E-state index contributed by atoms with van der Waals surface area (Å²) in [5, 5.41) is 13.0. The molecule has 0 saturated carbocycles. The van der Waals surface area contributed by atoms with Crippen LogP contribution in [0.3, 0.4) is 0 Å². The van der Waals surface area contributed by atoms with Crippen molar-refractivity contribution in [1.29, 1.82) is 0 Å². The molecule has 0 aromatic heterocycles. The molecule has 0 radical (unpaired) electrons. The largest absolute Gasteiger partial charge is 0.508 e. The Morgan fingerprint density at radius 3 is 2.76 bits per heavy atom. The molecule has 0 amide bonds. The van der Waals surface area contributed by atoms with Gasteiger partial charge in [-0.3, -0.25) is 0 Å². The molecule has 3 nitrogen and oxygen atoms in total. The second-order valence-corrected chi connectivity index (χ2v) is 4.72. The number of likely N-dealkylation sites (N-methyl/N-ethyl adjacent to an activating group) is 1. The maximum absolute atomic E-state index is 9.44. The molecule has 1 heterocycles. The molecule has 1 aliphatic heterocycles. The number of fused-ring (bicyclic) bond motifs is 1. The molecule has 0 bridgehead atoms. The number of benzene rings is 1. The summed E-state index contributed by atoms with van der Waals surface area (Å²) < 4.78 is 0. The molecule has 17 heavy (non-hydrogen) atoms. The third kappa shape index (κ3) is 2.99. The van der Waals surface area contributed by atoms with E-state index in [1.165, 1.54) is 11.1 Å². The zero-order valence-electron chi connectivity index (χ0n) is 10.7. The van der Waals surface area contributed by atoms with Crippen LogP contribution in [0.15, 0.2) is 18.2 Å². The van der Waals surface area contributed by atoms with E-state index in [2.05, 4.69) is 30.1 Å². The van der Waals surface area contributed by atoms with Gasteiger partial charge in [0.2, 0.25) is 0 Å². The Morgan fingerprint density at radius 1 is 1.29 bits per heavy atom.